The van der Waals surface area contributed by atoms with Gasteiger partial charge in [-0.05, 0) is 38.1 Å². The van der Waals surface area contributed by atoms with Crippen LogP contribution in [-0.2, 0) is 0 Å². The number of likely N-dealkylation sites (tertiary alicyclic amines) is 1. The molecule has 1 heterocycles. The zero-order valence-corrected chi connectivity index (χ0v) is 11.5. The summed E-state index contributed by atoms with van der Waals surface area (Å²) in [5, 5.41) is 7.53. The Balaban J connectivity index is 2.17. The summed E-state index contributed by atoms with van der Waals surface area (Å²) >= 11 is 0. The largest absolute Gasteiger partial charge is 0.384 e. The summed E-state index contributed by atoms with van der Waals surface area (Å²) in [5.41, 5.74) is 6.39. The van der Waals surface area contributed by atoms with Crippen molar-refractivity contribution in [1.82, 2.24) is 4.90 Å². The van der Waals surface area contributed by atoms with E-state index < -0.39 is 5.82 Å². The van der Waals surface area contributed by atoms with Crippen LogP contribution in [0.2, 0.25) is 0 Å². The zero-order valence-electron chi connectivity index (χ0n) is 11.5. The van der Waals surface area contributed by atoms with Crippen molar-refractivity contribution in [2.75, 3.05) is 38.6 Å². The van der Waals surface area contributed by atoms with Gasteiger partial charge in [0.15, 0.2) is 0 Å². The molecule has 1 aromatic rings. The van der Waals surface area contributed by atoms with Gasteiger partial charge in [-0.1, -0.05) is 6.07 Å². The van der Waals surface area contributed by atoms with Crippen LogP contribution in [0.5, 0.6) is 0 Å². The molecule has 104 valence electrons. The van der Waals surface area contributed by atoms with Crippen LogP contribution in [0.4, 0.5) is 10.1 Å². The molecule has 1 aromatic carbocycles. The third-order valence-electron chi connectivity index (χ3n) is 3.69. The summed E-state index contributed by atoms with van der Waals surface area (Å²) in [5.74, 6) is -0.0676. The van der Waals surface area contributed by atoms with Gasteiger partial charge in [0.1, 0.15) is 11.7 Å². The van der Waals surface area contributed by atoms with Gasteiger partial charge in [0.2, 0.25) is 0 Å². The van der Waals surface area contributed by atoms with Gasteiger partial charge in [-0.25, -0.2) is 4.39 Å². The number of nitrogens with one attached hydrogen (secondary N) is 1. The van der Waals surface area contributed by atoms with Gasteiger partial charge in [0.05, 0.1) is 11.3 Å². The monoisotopic (exact) mass is 264 g/mol. The predicted octanol–water partition coefficient (Wildman–Crippen LogP) is 1.50. The Bertz CT molecular complexity index is 475. The number of nitrogens with two attached hydrogens (primary N) is 1. The molecule has 2 rings (SSSR count). The molecule has 5 heteroatoms. The van der Waals surface area contributed by atoms with E-state index in [0.29, 0.717) is 11.6 Å². The highest BCUT2D eigenvalue weighted by Gasteiger charge is 2.22. The van der Waals surface area contributed by atoms with E-state index >= 15 is 0 Å². The maximum atomic E-state index is 13.8. The lowest BCUT2D eigenvalue weighted by atomic mass is 10.1. The minimum absolute atomic E-state index is 0.205. The normalized spacial score (nSPS) is 19.6. The molecule has 0 radical (unpaired) electrons. The maximum absolute atomic E-state index is 13.8. The van der Waals surface area contributed by atoms with Crippen molar-refractivity contribution in [1.29, 1.82) is 5.41 Å². The molecule has 19 heavy (non-hydrogen) atoms. The molecule has 0 spiro atoms. The Morgan fingerprint density at radius 3 is 2.89 bits per heavy atom. The molecule has 0 amide bonds. The SMILES string of the molecule is CN1CCC(CN(C)c2cccc(F)c2C(=N)N)C1. The number of hydrogen-bond acceptors (Lipinski definition) is 3. The molecule has 4 nitrogen and oxygen atoms in total. The second-order valence-corrected chi connectivity index (χ2v) is 5.35. The van der Waals surface area contributed by atoms with E-state index in [4.69, 9.17) is 11.1 Å². The lowest BCUT2D eigenvalue weighted by Crippen LogP contribution is -2.29. The van der Waals surface area contributed by atoms with Crippen LogP contribution >= 0.6 is 0 Å². The van der Waals surface area contributed by atoms with Gasteiger partial charge in [0.25, 0.3) is 0 Å². The van der Waals surface area contributed by atoms with Crippen LogP contribution in [0.3, 0.4) is 0 Å². The molecule has 1 unspecified atom stereocenters. The van der Waals surface area contributed by atoms with Gasteiger partial charge >= 0.3 is 0 Å². The van der Waals surface area contributed by atoms with Crippen LogP contribution in [0.1, 0.15) is 12.0 Å². The Hall–Kier alpha value is -1.62. The molecule has 0 saturated carbocycles. The van der Waals surface area contributed by atoms with Crippen molar-refractivity contribution < 1.29 is 4.39 Å². The van der Waals surface area contributed by atoms with Crippen LogP contribution in [0.15, 0.2) is 18.2 Å². The van der Waals surface area contributed by atoms with Crippen molar-refractivity contribution in [3.63, 3.8) is 0 Å². The molecule has 1 aliphatic rings. The number of nitrogens with zero attached hydrogens (tertiary/aromatic N) is 2. The number of halogens is 1. The Kier molecular flexibility index (Phi) is 4.04. The molecule has 0 aromatic heterocycles. The fourth-order valence-electron chi connectivity index (χ4n) is 2.76. The van der Waals surface area contributed by atoms with E-state index in [-0.39, 0.29) is 11.4 Å². The Morgan fingerprint density at radius 2 is 2.32 bits per heavy atom. The predicted molar refractivity (Wildman–Crippen MR) is 76.3 cm³/mol. The van der Waals surface area contributed by atoms with E-state index in [9.17, 15) is 4.39 Å². The third kappa shape index (κ3) is 3.04. The van der Waals surface area contributed by atoms with Crippen molar-refractivity contribution in [2.45, 2.75) is 6.42 Å². The first-order valence-electron chi connectivity index (χ1n) is 6.51. The summed E-state index contributed by atoms with van der Waals surface area (Å²) in [4.78, 5) is 4.31. The maximum Gasteiger partial charge on any atom is 0.136 e. The van der Waals surface area contributed by atoms with Crippen molar-refractivity contribution in [3.8, 4) is 0 Å². The topological polar surface area (TPSA) is 56.4 Å². The number of nitrogen functional groups attached to an aromatic ring is 1. The summed E-state index contributed by atoms with van der Waals surface area (Å²) in [6.45, 7) is 3.03. The van der Waals surface area contributed by atoms with Gasteiger partial charge in [0, 0.05) is 20.1 Å². The van der Waals surface area contributed by atoms with Crippen molar-refractivity contribution >= 4 is 11.5 Å². The standard InChI is InChI=1S/C14H21FN4/c1-18-7-6-10(8-18)9-19(2)12-5-3-4-11(15)13(12)14(16)17/h3-5,10H,6-9H2,1-2H3,(H3,16,17). The molecule has 3 N–H and O–H groups in total. The lowest BCUT2D eigenvalue weighted by molar-refractivity contribution is 0.396. The van der Waals surface area contributed by atoms with Crippen molar-refractivity contribution in [2.24, 2.45) is 11.7 Å². The fourth-order valence-corrected chi connectivity index (χ4v) is 2.76. The molecule has 1 fully saturated rings. The molecule has 1 saturated heterocycles. The zero-order chi connectivity index (χ0) is 14.0. The summed E-state index contributed by atoms with van der Waals surface area (Å²) in [6, 6.07) is 4.82. The van der Waals surface area contributed by atoms with Crippen LogP contribution in [0.25, 0.3) is 0 Å². The van der Waals surface area contributed by atoms with E-state index in [2.05, 4.69) is 11.9 Å². The molecule has 1 aliphatic heterocycles. The van der Waals surface area contributed by atoms with E-state index in [0.717, 1.165) is 26.1 Å². The average Bonchev–Trinajstić information content (AvgIpc) is 2.73. The summed E-state index contributed by atoms with van der Waals surface area (Å²) < 4.78 is 13.8. The average molecular weight is 264 g/mol. The number of benzene rings is 1. The number of amidine groups is 1. The van der Waals surface area contributed by atoms with Crippen molar-refractivity contribution in [3.05, 3.63) is 29.6 Å². The van der Waals surface area contributed by atoms with E-state index in [1.54, 1.807) is 6.07 Å². The molecular formula is C14H21FN4. The van der Waals surface area contributed by atoms with Crippen LogP contribution < -0.4 is 10.6 Å². The van der Waals surface area contributed by atoms with Crippen LogP contribution in [-0.4, -0.2) is 44.5 Å². The van der Waals surface area contributed by atoms with Gasteiger partial charge in [-0.2, -0.15) is 0 Å². The first-order valence-corrected chi connectivity index (χ1v) is 6.51. The molecule has 0 aliphatic carbocycles. The number of anilines is 1. The third-order valence-corrected chi connectivity index (χ3v) is 3.69. The van der Waals surface area contributed by atoms with E-state index in [1.165, 1.54) is 6.07 Å². The lowest BCUT2D eigenvalue weighted by Gasteiger charge is -2.25. The summed E-state index contributed by atoms with van der Waals surface area (Å²) in [6.07, 6.45) is 1.16. The highest BCUT2D eigenvalue weighted by molar-refractivity contribution is 6.00. The van der Waals surface area contributed by atoms with Crippen LogP contribution in [0, 0.1) is 17.1 Å². The highest BCUT2D eigenvalue weighted by Crippen LogP contribution is 2.24. The Morgan fingerprint density at radius 1 is 1.58 bits per heavy atom. The summed E-state index contributed by atoms with van der Waals surface area (Å²) in [7, 11) is 4.04. The molecule has 0 bridgehead atoms. The Labute approximate surface area is 113 Å². The minimum atomic E-state index is -0.430. The molecule has 1 atom stereocenters. The van der Waals surface area contributed by atoms with Gasteiger partial charge in [-0.3, -0.25) is 5.41 Å². The smallest absolute Gasteiger partial charge is 0.136 e. The second-order valence-electron chi connectivity index (χ2n) is 5.35. The van der Waals surface area contributed by atoms with Gasteiger partial charge in [-0.15, -0.1) is 0 Å². The quantitative estimate of drug-likeness (QED) is 0.640. The van der Waals surface area contributed by atoms with Gasteiger partial charge < -0.3 is 15.5 Å². The first-order chi connectivity index (χ1) is 8.99. The molecular weight excluding hydrogens is 243 g/mol. The fraction of sp³-hybridized carbons (Fsp3) is 0.500. The first kappa shape index (κ1) is 13.8. The highest BCUT2D eigenvalue weighted by atomic mass is 19.1. The minimum Gasteiger partial charge on any atom is -0.384 e. The van der Waals surface area contributed by atoms with E-state index in [1.807, 2.05) is 18.0 Å². The number of hydrogen-bond donors (Lipinski definition) is 2. The number of rotatable bonds is 4. The second kappa shape index (κ2) is 5.57.